The van der Waals surface area contributed by atoms with Gasteiger partial charge in [0, 0.05) is 37.0 Å². The first-order chi connectivity index (χ1) is 16.6. The highest BCUT2D eigenvalue weighted by atomic mass is 32.1. The number of unbranched alkanes of at least 4 members (excludes halogenated alkanes) is 2. The molecule has 176 valence electrons. The van der Waals surface area contributed by atoms with E-state index in [4.69, 9.17) is 34.9 Å². The van der Waals surface area contributed by atoms with Crippen molar-refractivity contribution in [1.82, 2.24) is 4.90 Å². The Hall–Kier alpha value is -3.16. The summed E-state index contributed by atoms with van der Waals surface area (Å²) in [6, 6.07) is 26.7. The third-order valence-electron chi connectivity index (χ3n) is 5.82. The highest BCUT2D eigenvalue weighted by Gasteiger charge is 2.27. The zero-order valence-electron chi connectivity index (χ0n) is 19.2. The molecular weight excluding hydrogens is 460 g/mol. The molecule has 3 N–H and O–H groups in total. The van der Waals surface area contributed by atoms with E-state index in [1.165, 1.54) is 16.8 Å². The average Bonchev–Trinajstić information content (AvgIpc) is 3.21. The molecule has 0 aromatic heterocycles. The van der Waals surface area contributed by atoms with Crippen LogP contribution in [-0.2, 0) is 0 Å². The third kappa shape index (κ3) is 6.24. The van der Waals surface area contributed by atoms with Crippen LogP contribution in [0.4, 0.5) is 11.4 Å². The van der Waals surface area contributed by atoms with Crippen LogP contribution in [0.2, 0.25) is 0 Å². The van der Waals surface area contributed by atoms with Crippen LogP contribution in [0.25, 0.3) is 11.1 Å². The van der Waals surface area contributed by atoms with Crippen molar-refractivity contribution in [3.05, 3.63) is 78.9 Å². The molecule has 1 aliphatic heterocycles. The van der Waals surface area contributed by atoms with Crippen molar-refractivity contribution in [3.8, 4) is 16.9 Å². The standard InChI is InChI=1S/C27H30N4OS2/c28-26(33)29-22-12-9-13-23(20-22)32-19-8-2-7-16-30-17-18-31(27(30)34)25-15-6-5-14-24(25)21-10-3-1-4-11-21/h1,3-6,9-15,20H,2,7-8,16-19H2,(H3,28,29,33). The van der Waals surface area contributed by atoms with Crippen LogP contribution in [0, 0.1) is 0 Å². The number of para-hydroxylation sites is 1. The van der Waals surface area contributed by atoms with Crippen molar-refractivity contribution in [3.63, 3.8) is 0 Å². The monoisotopic (exact) mass is 490 g/mol. The summed E-state index contributed by atoms with van der Waals surface area (Å²) in [5.41, 5.74) is 9.98. The molecule has 0 unspecified atom stereocenters. The van der Waals surface area contributed by atoms with Gasteiger partial charge >= 0.3 is 0 Å². The van der Waals surface area contributed by atoms with Gasteiger partial charge in [0.25, 0.3) is 0 Å². The summed E-state index contributed by atoms with van der Waals surface area (Å²) in [5, 5.41) is 4.09. The Morgan fingerprint density at radius 1 is 0.912 bits per heavy atom. The molecule has 4 rings (SSSR count). The number of thiocarbonyl (C=S) groups is 2. The van der Waals surface area contributed by atoms with Crippen LogP contribution in [0.15, 0.2) is 78.9 Å². The molecule has 0 atom stereocenters. The summed E-state index contributed by atoms with van der Waals surface area (Å²) in [6.07, 6.45) is 3.17. The predicted octanol–water partition coefficient (Wildman–Crippen LogP) is 5.67. The molecule has 0 amide bonds. The van der Waals surface area contributed by atoms with E-state index >= 15 is 0 Å². The SMILES string of the molecule is NC(=S)Nc1cccc(OCCCCCN2CCN(c3ccccc3-c3ccccc3)C2=S)c1. The molecule has 0 aliphatic carbocycles. The summed E-state index contributed by atoms with van der Waals surface area (Å²) in [5.74, 6) is 0.815. The van der Waals surface area contributed by atoms with Crippen molar-refractivity contribution in [2.24, 2.45) is 5.73 Å². The minimum atomic E-state index is 0.249. The quantitative estimate of drug-likeness (QED) is 0.281. The number of benzene rings is 3. The highest BCUT2D eigenvalue weighted by molar-refractivity contribution is 7.80. The molecule has 5 nitrogen and oxygen atoms in total. The molecular formula is C27H30N4OS2. The summed E-state index contributed by atoms with van der Waals surface area (Å²) in [6.45, 7) is 3.53. The van der Waals surface area contributed by atoms with Gasteiger partial charge in [0.05, 0.1) is 12.3 Å². The molecule has 0 spiro atoms. The first-order valence-electron chi connectivity index (χ1n) is 11.6. The Balaban J connectivity index is 1.23. The number of anilines is 2. The number of nitrogens with zero attached hydrogens (tertiary/aromatic N) is 2. The Kier molecular flexibility index (Phi) is 8.33. The van der Waals surface area contributed by atoms with E-state index < -0.39 is 0 Å². The molecule has 3 aromatic rings. The summed E-state index contributed by atoms with van der Waals surface area (Å²) < 4.78 is 5.88. The minimum absolute atomic E-state index is 0.249. The van der Waals surface area contributed by atoms with E-state index in [2.05, 4.69) is 63.6 Å². The molecule has 0 saturated carbocycles. The zero-order chi connectivity index (χ0) is 23.8. The fourth-order valence-electron chi connectivity index (χ4n) is 4.16. The van der Waals surface area contributed by atoms with Gasteiger partial charge in [-0.3, -0.25) is 0 Å². The lowest BCUT2D eigenvalue weighted by molar-refractivity contribution is 0.302. The second kappa shape index (κ2) is 11.8. The van der Waals surface area contributed by atoms with Crippen molar-refractivity contribution in [1.29, 1.82) is 0 Å². The molecule has 1 aliphatic rings. The third-order valence-corrected chi connectivity index (χ3v) is 6.40. The van der Waals surface area contributed by atoms with E-state index in [1.54, 1.807) is 0 Å². The average molecular weight is 491 g/mol. The Morgan fingerprint density at radius 2 is 1.71 bits per heavy atom. The number of nitrogens with one attached hydrogen (secondary N) is 1. The van der Waals surface area contributed by atoms with Gasteiger partial charge in [-0.1, -0.05) is 54.6 Å². The van der Waals surface area contributed by atoms with Gasteiger partial charge in [0.1, 0.15) is 5.75 Å². The Labute approximate surface area is 212 Å². The van der Waals surface area contributed by atoms with Crippen molar-refractivity contribution >= 4 is 46.0 Å². The van der Waals surface area contributed by atoms with Gasteiger partial charge in [-0.05, 0) is 67.5 Å². The molecule has 3 aromatic carbocycles. The largest absolute Gasteiger partial charge is 0.494 e. The lowest BCUT2D eigenvalue weighted by Gasteiger charge is -2.24. The lowest BCUT2D eigenvalue weighted by atomic mass is 10.0. The lowest BCUT2D eigenvalue weighted by Crippen LogP contribution is -2.32. The first-order valence-corrected chi connectivity index (χ1v) is 12.4. The van der Waals surface area contributed by atoms with E-state index in [0.29, 0.717) is 6.61 Å². The van der Waals surface area contributed by atoms with Crippen molar-refractivity contribution < 1.29 is 4.74 Å². The molecule has 1 heterocycles. The van der Waals surface area contributed by atoms with Crippen LogP contribution >= 0.6 is 24.4 Å². The molecule has 1 saturated heterocycles. The molecule has 7 heteroatoms. The van der Waals surface area contributed by atoms with Gasteiger partial charge < -0.3 is 25.6 Å². The van der Waals surface area contributed by atoms with Crippen molar-refractivity contribution in [2.45, 2.75) is 19.3 Å². The van der Waals surface area contributed by atoms with E-state index in [9.17, 15) is 0 Å². The Morgan fingerprint density at radius 3 is 2.53 bits per heavy atom. The molecule has 0 bridgehead atoms. The molecule has 1 fully saturated rings. The van der Waals surface area contributed by atoms with E-state index in [1.807, 2.05) is 30.3 Å². The van der Waals surface area contributed by atoms with Crippen LogP contribution in [0.3, 0.4) is 0 Å². The number of hydrogen-bond donors (Lipinski definition) is 2. The van der Waals surface area contributed by atoms with Crippen LogP contribution in [-0.4, -0.2) is 41.4 Å². The maximum atomic E-state index is 5.88. The second-order valence-corrected chi connectivity index (χ2v) is 9.04. The minimum Gasteiger partial charge on any atom is -0.494 e. The maximum absolute atomic E-state index is 5.88. The molecule has 0 radical (unpaired) electrons. The van der Waals surface area contributed by atoms with Gasteiger partial charge in [0.2, 0.25) is 0 Å². The van der Waals surface area contributed by atoms with Crippen LogP contribution < -0.4 is 20.7 Å². The molecule has 34 heavy (non-hydrogen) atoms. The normalized spacial score (nSPS) is 13.2. The number of nitrogens with two attached hydrogens (primary N) is 1. The van der Waals surface area contributed by atoms with Gasteiger partial charge in [0.15, 0.2) is 10.2 Å². The number of ether oxygens (including phenoxy) is 1. The second-order valence-electron chi connectivity index (χ2n) is 8.23. The fraction of sp³-hybridized carbons (Fsp3) is 0.259. The fourth-order valence-corrected chi connectivity index (χ4v) is 4.65. The van der Waals surface area contributed by atoms with Crippen LogP contribution in [0.5, 0.6) is 5.75 Å². The Bertz CT molecular complexity index is 1120. The first kappa shape index (κ1) is 24.0. The highest BCUT2D eigenvalue weighted by Crippen LogP contribution is 2.32. The zero-order valence-corrected chi connectivity index (χ0v) is 20.8. The van der Waals surface area contributed by atoms with E-state index in [0.717, 1.165) is 55.4 Å². The maximum Gasteiger partial charge on any atom is 0.176 e. The topological polar surface area (TPSA) is 53.8 Å². The van der Waals surface area contributed by atoms with Gasteiger partial charge in [-0.15, -0.1) is 0 Å². The van der Waals surface area contributed by atoms with Crippen LogP contribution in [0.1, 0.15) is 19.3 Å². The smallest absolute Gasteiger partial charge is 0.176 e. The number of hydrogen-bond acceptors (Lipinski definition) is 3. The summed E-state index contributed by atoms with van der Waals surface area (Å²) in [7, 11) is 0. The van der Waals surface area contributed by atoms with Gasteiger partial charge in [-0.2, -0.15) is 0 Å². The van der Waals surface area contributed by atoms with E-state index in [-0.39, 0.29) is 5.11 Å². The summed E-state index contributed by atoms with van der Waals surface area (Å²) >= 11 is 10.7. The summed E-state index contributed by atoms with van der Waals surface area (Å²) in [4.78, 5) is 4.59. The predicted molar refractivity (Wildman–Crippen MR) is 150 cm³/mol. The van der Waals surface area contributed by atoms with Gasteiger partial charge in [-0.25, -0.2) is 0 Å². The number of rotatable bonds is 10. The van der Waals surface area contributed by atoms with Crippen molar-refractivity contribution in [2.75, 3.05) is 36.5 Å².